The van der Waals surface area contributed by atoms with E-state index in [1.165, 1.54) is 6.26 Å². The molecule has 0 unspecified atom stereocenters. The van der Waals surface area contributed by atoms with Gasteiger partial charge in [-0.05, 0) is 12.8 Å². The lowest BCUT2D eigenvalue weighted by molar-refractivity contribution is 0.0493. The molecule has 1 rings (SSSR count). The molecule has 0 spiro atoms. The monoisotopic (exact) mass is 207 g/mol. The van der Waals surface area contributed by atoms with Gasteiger partial charge in [0.2, 0.25) is 10.0 Å². The normalized spacial score (nSPS) is 30.3. The van der Waals surface area contributed by atoms with Crippen LogP contribution in [0.15, 0.2) is 0 Å². The fraction of sp³-hybridized carbons (Fsp3) is 1.00. The molecule has 5 heteroatoms. The molecule has 1 N–H and O–H groups in total. The van der Waals surface area contributed by atoms with Crippen LogP contribution < -0.4 is 4.72 Å². The predicted octanol–water partition coefficient (Wildman–Crippen LogP) is 0.493. The second-order valence-corrected chi connectivity index (χ2v) is 5.34. The smallest absolute Gasteiger partial charge is 0.209 e. The van der Waals surface area contributed by atoms with E-state index in [9.17, 15) is 8.42 Å². The van der Waals surface area contributed by atoms with Crippen LogP contribution in [0.3, 0.4) is 0 Å². The maximum Gasteiger partial charge on any atom is 0.209 e. The maximum atomic E-state index is 11.0. The van der Waals surface area contributed by atoms with E-state index in [-0.39, 0.29) is 12.1 Å². The van der Waals surface area contributed by atoms with Gasteiger partial charge in [0.1, 0.15) is 0 Å². The summed E-state index contributed by atoms with van der Waals surface area (Å²) in [6.07, 6.45) is 5.26. The number of rotatable bonds is 3. The van der Waals surface area contributed by atoms with Crippen molar-refractivity contribution < 1.29 is 13.2 Å². The summed E-state index contributed by atoms with van der Waals surface area (Å²) in [5, 5.41) is 0. The van der Waals surface area contributed by atoms with Gasteiger partial charge in [0.25, 0.3) is 0 Å². The fourth-order valence-corrected chi connectivity index (χ4v) is 2.61. The second-order valence-electron chi connectivity index (χ2n) is 3.56. The maximum absolute atomic E-state index is 11.0. The third-order valence-electron chi connectivity index (χ3n) is 2.37. The van der Waals surface area contributed by atoms with E-state index in [0.29, 0.717) is 0 Å². The van der Waals surface area contributed by atoms with Crippen molar-refractivity contribution in [2.45, 2.75) is 37.8 Å². The Morgan fingerprint density at radius 2 is 1.92 bits per heavy atom. The summed E-state index contributed by atoms with van der Waals surface area (Å²) in [6.45, 7) is 0. The van der Waals surface area contributed by atoms with E-state index in [4.69, 9.17) is 4.74 Å². The molecule has 4 nitrogen and oxygen atoms in total. The minimum Gasteiger partial charge on any atom is -0.380 e. The first-order valence-corrected chi connectivity index (χ1v) is 6.42. The fourth-order valence-electron chi connectivity index (χ4n) is 1.79. The van der Waals surface area contributed by atoms with Gasteiger partial charge in [-0.1, -0.05) is 12.8 Å². The van der Waals surface area contributed by atoms with Crippen molar-refractivity contribution in [2.75, 3.05) is 13.4 Å². The first kappa shape index (κ1) is 10.9. The SMILES string of the molecule is CO[C@H]1CCCC[C@@H]1NS(C)(=O)=O. The molecule has 1 aliphatic carbocycles. The summed E-state index contributed by atoms with van der Waals surface area (Å²) in [4.78, 5) is 0. The van der Waals surface area contributed by atoms with E-state index in [1.807, 2.05) is 0 Å². The standard InChI is InChI=1S/C8H17NO3S/c1-12-8-6-4-3-5-7(8)9-13(2,10)11/h7-9H,3-6H2,1-2H3/t7-,8-/m0/s1. The Labute approximate surface area is 79.7 Å². The Bertz CT molecular complexity index is 250. The Balaban J connectivity index is 2.55. The zero-order valence-corrected chi connectivity index (χ0v) is 8.93. The van der Waals surface area contributed by atoms with Crippen LogP contribution in [0.25, 0.3) is 0 Å². The minimum atomic E-state index is -3.10. The van der Waals surface area contributed by atoms with Crippen LogP contribution in [0.4, 0.5) is 0 Å². The quantitative estimate of drug-likeness (QED) is 0.733. The van der Waals surface area contributed by atoms with E-state index in [0.717, 1.165) is 25.7 Å². The number of hydrogen-bond acceptors (Lipinski definition) is 3. The highest BCUT2D eigenvalue weighted by molar-refractivity contribution is 7.88. The van der Waals surface area contributed by atoms with Gasteiger partial charge in [-0.3, -0.25) is 0 Å². The predicted molar refractivity (Wildman–Crippen MR) is 51.0 cm³/mol. The minimum absolute atomic E-state index is 0.0336. The van der Waals surface area contributed by atoms with Gasteiger partial charge in [0, 0.05) is 13.2 Å². The molecule has 0 saturated heterocycles. The van der Waals surface area contributed by atoms with Crippen LogP contribution in [-0.2, 0) is 14.8 Å². The Morgan fingerprint density at radius 3 is 2.46 bits per heavy atom. The van der Waals surface area contributed by atoms with E-state index in [2.05, 4.69) is 4.72 Å². The number of nitrogens with one attached hydrogen (secondary N) is 1. The summed E-state index contributed by atoms with van der Waals surface area (Å²) in [7, 11) is -1.46. The lowest BCUT2D eigenvalue weighted by atomic mass is 9.93. The van der Waals surface area contributed by atoms with Gasteiger partial charge in [-0.2, -0.15) is 0 Å². The van der Waals surface area contributed by atoms with E-state index >= 15 is 0 Å². The zero-order valence-electron chi connectivity index (χ0n) is 8.12. The largest absolute Gasteiger partial charge is 0.380 e. The van der Waals surface area contributed by atoms with E-state index in [1.54, 1.807) is 7.11 Å². The highest BCUT2D eigenvalue weighted by Gasteiger charge is 2.26. The highest BCUT2D eigenvalue weighted by Crippen LogP contribution is 2.20. The van der Waals surface area contributed by atoms with Gasteiger partial charge in [-0.15, -0.1) is 0 Å². The van der Waals surface area contributed by atoms with Crippen molar-refractivity contribution >= 4 is 10.0 Å². The molecule has 0 heterocycles. The van der Waals surface area contributed by atoms with Crippen LogP contribution >= 0.6 is 0 Å². The third kappa shape index (κ3) is 3.62. The molecule has 0 aliphatic heterocycles. The molecular formula is C8H17NO3S. The first-order valence-electron chi connectivity index (χ1n) is 4.53. The van der Waals surface area contributed by atoms with Gasteiger partial charge >= 0.3 is 0 Å². The van der Waals surface area contributed by atoms with Crippen LogP contribution in [0.2, 0.25) is 0 Å². The van der Waals surface area contributed by atoms with Crippen molar-refractivity contribution in [3.63, 3.8) is 0 Å². The lowest BCUT2D eigenvalue weighted by Crippen LogP contribution is -2.45. The van der Waals surface area contributed by atoms with Crippen LogP contribution in [0, 0.1) is 0 Å². The number of ether oxygens (including phenoxy) is 1. The summed E-state index contributed by atoms with van der Waals surface area (Å²) in [5.41, 5.74) is 0. The van der Waals surface area contributed by atoms with Gasteiger partial charge < -0.3 is 4.74 Å². The molecule has 1 fully saturated rings. The summed E-state index contributed by atoms with van der Waals surface area (Å²) in [5.74, 6) is 0. The average molecular weight is 207 g/mol. The molecule has 0 amide bonds. The highest BCUT2D eigenvalue weighted by atomic mass is 32.2. The first-order chi connectivity index (χ1) is 6.03. The molecule has 13 heavy (non-hydrogen) atoms. The zero-order chi connectivity index (χ0) is 9.90. The molecule has 0 bridgehead atoms. The van der Waals surface area contributed by atoms with Crippen molar-refractivity contribution in [2.24, 2.45) is 0 Å². The molecule has 0 aromatic rings. The topological polar surface area (TPSA) is 55.4 Å². The molecule has 1 aliphatic rings. The Hall–Kier alpha value is -0.130. The van der Waals surface area contributed by atoms with Crippen LogP contribution in [0.1, 0.15) is 25.7 Å². The van der Waals surface area contributed by atoms with Crippen molar-refractivity contribution in [3.05, 3.63) is 0 Å². The average Bonchev–Trinajstić information content (AvgIpc) is 2.02. The van der Waals surface area contributed by atoms with Crippen molar-refractivity contribution in [1.29, 1.82) is 0 Å². The Kier molecular flexibility index (Phi) is 3.70. The van der Waals surface area contributed by atoms with Crippen LogP contribution in [0.5, 0.6) is 0 Å². The molecule has 0 aromatic heterocycles. The molecule has 0 radical (unpaired) electrons. The molecule has 2 atom stereocenters. The second kappa shape index (κ2) is 4.39. The number of methoxy groups -OCH3 is 1. The molecular weight excluding hydrogens is 190 g/mol. The number of hydrogen-bond donors (Lipinski definition) is 1. The van der Waals surface area contributed by atoms with Crippen LogP contribution in [-0.4, -0.2) is 33.9 Å². The summed E-state index contributed by atoms with van der Waals surface area (Å²) < 4.78 is 29.8. The third-order valence-corrected chi connectivity index (χ3v) is 3.10. The van der Waals surface area contributed by atoms with Gasteiger partial charge in [-0.25, -0.2) is 13.1 Å². The van der Waals surface area contributed by atoms with Gasteiger partial charge in [0.05, 0.1) is 12.4 Å². The Morgan fingerprint density at radius 1 is 1.31 bits per heavy atom. The molecule has 1 saturated carbocycles. The molecule has 78 valence electrons. The lowest BCUT2D eigenvalue weighted by Gasteiger charge is -2.30. The van der Waals surface area contributed by atoms with E-state index < -0.39 is 10.0 Å². The van der Waals surface area contributed by atoms with Crippen molar-refractivity contribution in [3.8, 4) is 0 Å². The summed E-state index contributed by atoms with van der Waals surface area (Å²) >= 11 is 0. The summed E-state index contributed by atoms with van der Waals surface area (Å²) in [6, 6.07) is -0.0336. The molecule has 0 aromatic carbocycles. The van der Waals surface area contributed by atoms with Gasteiger partial charge in [0.15, 0.2) is 0 Å². The number of sulfonamides is 1. The van der Waals surface area contributed by atoms with Crippen molar-refractivity contribution in [1.82, 2.24) is 4.72 Å².